The van der Waals surface area contributed by atoms with E-state index < -0.39 is 4.92 Å². The minimum Gasteiger partial charge on any atom is -0.383 e. The quantitative estimate of drug-likeness (QED) is 0.460. The third-order valence-electron chi connectivity index (χ3n) is 3.94. The fraction of sp³-hybridized carbons (Fsp3) is 0.733. The van der Waals surface area contributed by atoms with Crippen LogP contribution in [0.25, 0.3) is 0 Å². The van der Waals surface area contributed by atoms with Gasteiger partial charge in [0.2, 0.25) is 11.6 Å². The predicted octanol–water partition coefficient (Wildman–Crippen LogP) is 1.07. The molecule has 0 spiro atoms. The summed E-state index contributed by atoms with van der Waals surface area (Å²) in [5.41, 5.74) is -0.146. The molecule has 1 atom stereocenters. The molecule has 1 unspecified atom stereocenters. The van der Waals surface area contributed by atoms with Crippen molar-refractivity contribution in [1.82, 2.24) is 9.97 Å². The van der Waals surface area contributed by atoms with E-state index in [1.165, 1.54) is 6.33 Å². The Bertz CT molecular complexity index is 545. The van der Waals surface area contributed by atoms with Crippen molar-refractivity contribution in [3.63, 3.8) is 0 Å². The first-order valence-electron chi connectivity index (χ1n) is 8.25. The summed E-state index contributed by atoms with van der Waals surface area (Å²) in [6, 6.07) is 0. The van der Waals surface area contributed by atoms with Gasteiger partial charge in [0.1, 0.15) is 6.33 Å². The van der Waals surface area contributed by atoms with Crippen LogP contribution in [0.15, 0.2) is 6.33 Å². The molecule has 1 fully saturated rings. The lowest BCUT2D eigenvalue weighted by molar-refractivity contribution is -0.383. The number of hydrogen-bond donors (Lipinski definition) is 1. The zero-order chi connectivity index (χ0) is 18.1. The van der Waals surface area contributed by atoms with Gasteiger partial charge < -0.3 is 24.4 Å². The number of ether oxygens (including phenoxy) is 3. The Morgan fingerprint density at radius 3 is 2.64 bits per heavy atom. The highest BCUT2D eigenvalue weighted by Crippen LogP contribution is 2.31. The van der Waals surface area contributed by atoms with E-state index in [9.17, 15) is 10.1 Å². The molecule has 1 saturated heterocycles. The van der Waals surface area contributed by atoms with Crippen LogP contribution in [0.4, 0.5) is 17.3 Å². The maximum absolute atomic E-state index is 11.7. The number of nitrogens with zero attached hydrogens (tertiary/aromatic N) is 4. The SMILES string of the molecule is COCCN(CCOC)c1ncnc(NCC2CCCO2)c1[N+](=O)[O-]. The van der Waals surface area contributed by atoms with Gasteiger partial charge in [0, 0.05) is 40.5 Å². The van der Waals surface area contributed by atoms with Crippen molar-refractivity contribution >= 4 is 17.3 Å². The van der Waals surface area contributed by atoms with Gasteiger partial charge in [0.15, 0.2) is 0 Å². The molecule has 10 nitrogen and oxygen atoms in total. The molecular formula is C15H25N5O5. The molecule has 0 bridgehead atoms. The lowest BCUT2D eigenvalue weighted by Gasteiger charge is -2.23. The van der Waals surface area contributed by atoms with Crippen molar-refractivity contribution in [3.8, 4) is 0 Å². The fourth-order valence-corrected chi connectivity index (χ4v) is 2.64. The van der Waals surface area contributed by atoms with E-state index in [-0.39, 0.29) is 23.4 Å². The number of anilines is 2. The van der Waals surface area contributed by atoms with E-state index in [1.807, 2.05) is 0 Å². The average Bonchev–Trinajstić information content (AvgIpc) is 3.13. The molecule has 0 saturated carbocycles. The first-order chi connectivity index (χ1) is 12.2. The van der Waals surface area contributed by atoms with Crippen LogP contribution < -0.4 is 10.2 Å². The van der Waals surface area contributed by atoms with Crippen LogP contribution in [0.5, 0.6) is 0 Å². The van der Waals surface area contributed by atoms with E-state index in [4.69, 9.17) is 14.2 Å². The van der Waals surface area contributed by atoms with Crippen molar-refractivity contribution < 1.29 is 19.1 Å². The van der Waals surface area contributed by atoms with E-state index in [1.54, 1.807) is 19.1 Å². The molecule has 0 radical (unpaired) electrons. The van der Waals surface area contributed by atoms with Crippen LogP contribution >= 0.6 is 0 Å². The second kappa shape index (κ2) is 10.1. The molecule has 1 aromatic heterocycles. The molecule has 1 N–H and O–H groups in total. The Hall–Kier alpha value is -2.04. The molecule has 0 aliphatic carbocycles. The topological polar surface area (TPSA) is 112 Å². The summed E-state index contributed by atoms with van der Waals surface area (Å²) < 4.78 is 15.7. The second-order valence-electron chi connectivity index (χ2n) is 5.64. The average molecular weight is 355 g/mol. The van der Waals surface area contributed by atoms with Crippen molar-refractivity contribution in [1.29, 1.82) is 0 Å². The Balaban J connectivity index is 2.21. The minimum atomic E-state index is -0.459. The third-order valence-corrected chi connectivity index (χ3v) is 3.94. The van der Waals surface area contributed by atoms with E-state index in [0.717, 1.165) is 19.4 Å². The molecule has 1 aliphatic heterocycles. The molecule has 0 amide bonds. The number of methoxy groups -OCH3 is 2. The van der Waals surface area contributed by atoms with E-state index in [0.29, 0.717) is 32.8 Å². The molecule has 1 aromatic rings. The van der Waals surface area contributed by atoms with Crippen molar-refractivity contribution in [2.75, 3.05) is 63.9 Å². The Labute approximate surface area is 146 Å². The van der Waals surface area contributed by atoms with Gasteiger partial charge in [-0.15, -0.1) is 0 Å². The summed E-state index contributed by atoms with van der Waals surface area (Å²) in [4.78, 5) is 21.2. The molecular weight excluding hydrogens is 330 g/mol. The molecule has 2 heterocycles. The minimum absolute atomic E-state index is 0.0519. The summed E-state index contributed by atoms with van der Waals surface area (Å²) in [6.07, 6.45) is 3.32. The highest BCUT2D eigenvalue weighted by atomic mass is 16.6. The second-order valence-corrected chi connectivity index (χ2v) is 5.64. The highest BCUT2D eigenvalue weighted by Gasteiger charge is 2.27. The van der Waals surface area contributed by atoms with Crippen molar-refractivity contribution in [3.05, 3.63) is 16.4 Å². The molecule has 0 aromatic carbocycles. The Morgan fingerprint density at radius 2 is 2.08 bits per heavy atom. The zero-order valence-electron chi connectivity index (χ0n) is 14.6. The van der Waals surface area contributed by atoms with Crippen LogP contribution in [0.1, 0.15) is 12.8 Å². The van der Waals surface area contributed by atoms with Gasteiger partial charge in [0.25, 0.3) is 0 Å². The summed E-state index contributed by atoms with van der Waals surface area (Å²) in [5.74, 6) is 0.453. The van der Waals surface area contributed by atoms with Crippen LogP contribution in [-0.4, -0.2) is 74.7 Å². The largest absolute Gasteiger partial charge is 0.383 e. The lowest BCUT2D eigenvalue weighted by Crippen LogP contribution is -2.32. The third kappa shape index (κ3) is 5.48. The maximum atomic E-state index is 11.7. The molecule has 140 valence electrons. The number of aromatic nitrogens is 2. The number of rotatable bonds is 11. The summed E-state index contributed by atoms with van der Waals surface area (Å²) in [6.45, 7) is 2.97. The van der Waals surface area contributed by atoms with Gasteiger partial charge in [-0.05, 0) is 12.8 Å². The van der Waals surface area contributed by atoms with E-state index >= 15 is 0 Å². The molecule has 10 heteroatoms. The number of hydrogen-bond acceptors (Lipinski definition) is 9. The smallest absolute Gasteiger partial charge is 0.353 e. The lowest BCUT2D eigenvalue weighted by atomic mass is 10.2. The normalized spacial score (nSPS) is 16.8. The van der Waals surface area contributed by atoms with Gasteiger partial charge in [-0.3, -0.25) is 10.1 Å². The van der Waals surface area contributed by atoms with Crippen molar-refractivity contribution in [2.45, 2.75) is 18.9 Å². The maximum Gasteiger partial charge on any atom is 0.353 e. The highest BCUT2D eigenvalue weighted by molar-refractivity contribution is 5.70. The number of nitrogens with one attached hydrogen (secondary N) is 1. The van der Waals surface area contributed by atoms with Crippen LogP contribution in [0.3, 0.4) is 0 Å². The first-order valence-corrected chi connectivity index (χ1v) is 8.25. The fourth-order valence-electron chi connectivity index (χ4n) is 2.64. The van der Waals surface area contributed by atoms with Crippen LogP contribution in [0, 0.1) is 10.1 Å². The number of nitro groups is 1. The molecule has 1 aliphatic rings. The monoisotopic (exact) mass is 355 g/mol. The van der Waals surface area contributed by atoms with Gasteiger partial charge in [-0.25, -0.2) is 9.97 Å². The van der Waals surface area contributed by atoms with Gasteiger partial charge in [-0.1, -0.05) is 0 Å². The standard InChI is InChI=1S/C15H25N5O5/c1-23-8-5-19(6-9-24-2)15-13(20(21)22)14(17-11-18-15)16-10-12-4-3-7-25-12/h11-12H,3-10H2,1-2H3,(H,16,17,18). The summed E-state index contributed by atoms with van der Waals surface area (Å²) >= 11 is 0. The van der Waals surface area contributed by atoms with Gasteiger partial charge >= 0.3 is 5.69 Å². The summed E-state index contributed by atoms with van der Waals surface area (Å²) in [5, 5.41) is 14.7. The first kappa shape index (κ1) is 19.3. The van der Waals surface area contributed by atoms with Crippen LogP contribution in [-0.2, 0) is 14.2 Å². The van der Waals surface area contributed by atoms with Crippen LogP contribution in [0.2, 0.25) is 0 Å². The Morgan fingerprint density at radius 1 is 1.36 bits per heavy atom. The molecule has 2 rings (SSSR count). The van der Waals surface area contributed by atoms with E-state index in [2.05, 4.69) is 15.3 Å². The van der Waals surface area contributed by atoms with Gasteiger partial charge in [0.05, 0.1) is 24.2 Å². The Kier molecular flexibility index (Phi) is 7.76. The van der Waals surface area contributed by atoms with Crippen molar-refractivity contribution in [2.24, 2.45) is 0 Å². The molecule has 25 heavy (non-hydrogen) atoms. The summed E-state index contributed by atoms with van der Waals surface area (Å²) in [7, 11) is 3.16. The zero-order valence-corrected chi connectivity index (χ0v) is 14.6. The predicted molar refractivity (Wildman–Crippen MR) is 92.1 cm³/mol. The van der Waals surface area contributed by atoms with Gasteiger partial charge in [-0.2, -0.15) is 0 Å².